The average Bonchev–Trinajstić information content (AvgIpc) is 3.43. The Hall–Kier alpha value is -3.26. The first-order chi connectivity index (χ1) is 14.5. The molecule has 2 aromatic carbocycles. The number of aromatic nitrogens is 1. The number of thiazole rings is 1. The molecule has 0 radical (unpaired) electrons. The van der Waals surface area contributed by atoms with E-state index in [4.69, 9.17) is 4.74 Å². The maximum absolute atomic E-state index is 13.0. The fourth-order valence-electron chi connectivity index (χ4n) is 4.37. The summed E-state index contributed by atoms with van der Waals surface area (Å²) in [6.45, 7) is 0. The summed E-state index contributed by atoms with van der Waals surface area (Å²) in [6.07, 6.45) is 4.57. The van der Waals surface area contributed by atoms with Gasteiger partial charge in [-0.25, -0.2) is 9.37 Å². The monoisotopic (exact) mass is 424 g/mol. The first-order valence-electron chi connectivity index (χ1n) is 9.54. The number of fused-ring (bicyclic) bond motifs is 3. The highest BCUT2D eigenvalue weighted by atomic mass is 32.1. The molecule has 0 aliphatic heterocycles. The zero-order valence-electron chi connectivity index (χ0n) is 15.6. The lowest BCUT2D eigenvalue weighted by molar-refractivity contribution is -0.146. The average molecular weight is 424 g/mol. The second-order valence-corrected chi connectivity index (χ2v) is 8.56. The number of ether oxygens (including phenoxy) is 1. The normalized spacial score (nSPS) is 24.3. The van der Waals surface area contributed by atoms with Crippen LogP contribution in [0.15, 0.2) is 54.6 Å². The van der Waals surface area contributed by atoms with Crippen LogP contribution < -0.4 is 10.1 Å². The molecule has 0 spiro atoms. The molecule has 8 heteroatoms. The highest BCUT2D eigenvalue weighted by molar-refractivity contribution is 7.22. The number of nitrogens with one attached hydrogen (secondary N) is 1. The lowest BCUT2D eigenvalue weighted by Crippen LogP contribution is -2.36. The third-order valence-corrected chi connectivity index (χ3v) is 6.62. The van der Waals surface area contributed by atoms with Crippen LogP contribution in [0.3, 0.4) is 0 Å². The van der Waals surface area contributed by atoms with Crippen LogP contribution in [0.2, 0.25) is 0 Å². The minimum atomic E-state index is -0.932. The van der Waals surface area contributed by atoms with E-state index in [1.54, 1.807) is 30.3 Å². The summed E-state index contributed by atoms with van der Waals surface area (Å²) in [5, 5.41) is 12.8. The van der Waals surface area contributed by atoms with Crippen molar-refractivity contribution < 1.29 is 23.8 Å². The Morgan fingerprint density at radius 2 is 1.77 bits per heavy atom. The van der Waals surface area contributed by atoms with Gasteiger partial charge in [-0.2, -0.15) is 0 Å². The molecule has 2 aliphatic carbocycles. The zero-order valence-corrected chi connectivity index (χ0v) is 16.4. The number of halogens is 1. The SMILES string of the molecule is O=C(O)C1C2C=CC(C2)C1C(=O)Nc1nc2ccc(Oc3ccc(F)cc3)cc2s1. The largest absolute Gasteiger partial charge is 0.481 e. The molecule has 1 saturated carbocycles. The number of allylic oxidation sites excluding steroid dienone is 2. The summed E-state index contributed by atoms with van der Waals surface area (Å²) in [5.41, 5.74) is 0.698. The van der Waals surface area contributed by atoms with Crippen molar-refractivity contribution in [2.45, 2.75) is 6.42 Å². The van der Waals surface area contributed by atoms with Crippen molar-refractivity contribution in [2.24, 2.45) is 23.7 Å². The molecule has 4 unspecified atom stereocenters. The van der Waals surface area contributed by atoms with Crippen LogP contribution >= 0.6 is 11.3 Å². The van der Waals surface area contributed by atoms with Crippen molar-refractivity contribution in [2.75, 3.05) is 5.32 Å². The molecule has 1 fully saturated rings. The molecule has 1 aromatic heterocycles. The van der Waals surface area contributed by atoms with Crippen molar-refractivity contribution in [1.29, 1.82) is 0 Å². The molecule has 2 bridgehead atoms. The molecule has 2 aliphatic rings. The van der Waals surface area contributed by atoms with Gasteiger partial charge in [0, 0.05) is 6.07 Å². The van der Waals surface area contributed by atoms with E-state index in [0.29, 0.717) is 28.6 Å². The number of anilines is 1. The maximum atomic E-state index is 13.0. The third-order valence-electron chi connectivity index (χ3n) is 5.69. The summed E-state index contributed by atoms with van der Waals surface area (Å²) in [5.74, 6) is -1.88. The summed E-state index contributed by atoms with van der Waals surface area (Å²) >= 11 is 1.29. The van der Waals surface area contributed by atoms with E-state index in [1.165, 1.54) is 23.5 Å². The minimum absolute atomic E-state index is 0.0406. The number of rotatable bonds is 5. The van der Waals surface area contributed by atoms with Gasteiger partial charge < -0.3 is 15.2 Å². The van der Waals surface area contributed by atoms with Gasteiger partial charge in [-0.05, 0) is 54.7 Å². The van der Waals surface area contributed by atoms with E-state index in [-0.39, 0.29) is 23.6 Å². The highest BCUT2D eigenvalue weighted by Gasteiger charge is 2.51. The first-order valence-corrected chi connectivity index (χ1v) is 10.4. The summed E-state index contributed by atoms with van der Waals surface area (Å²) in [4.78, 5) is 28.9. The van der Waals surface area contributed by atoms with Crippen molar-refractivity contribution in [3.05, 3.63) is 60.4 Å². The maximum Gasteiger partial charge on any atom is 0.307 e. The van der Waals surface area contributed by atoms with Gasteiger partial charge in [0.25, 0.3) is 0 Å². The minimum Gasteiger partial charge on any atom is -0.481 e. The van der Waals surface area contributed by atoms with E-state index >= 15 is 0 Å². The smallest absolute Gasteiger partial charge is 0.307 e. The van der Waals surface area contributed by atoms with Crippen LogP contribution in [0.5, 0.6) is 11.5 Å². The van der Waals surface area contributed by atoms with E-state index in [1.807, 2.05) is 12.2 Å². The molecule has 3 aromatic rings. The number of carbonyl (C=O) groups excluding carboxylic acids is 1. The number of amides is 1. The van der Waals surface area contributed by atoms with Crippen LogP contribution in [-0.2, 0) is 9.59 Å². The van der Waals surface area contributed by atoms with Crippen LogP contribution in [0.25, 0.3) is 10.2 Å². The van der Waals surface area contributed by atoms with Gasteiger partial charge >= 0.3 is 5.97 Å². The topological polar surface area (TPSA) is 88.5 Å². The Morgan fingerprint density at radius 1 is 1.07 bits per heavy atom. The molecular weight excluding hydrogens is 407 g/mol. The predicted molar refractivity (Wildman–Crippen MR) is 110 cm³/mol. The number of hydrogen-bond acceptors (Lipinski definition) is 5. The van der Waals surface area contributed by atoms with Crippen molar-refractivity contribution in [3.63, 3.8) is 0 Å². The quantitative estimate of drug-likeness (QED) is 0.580. The van der Waals surface area contributed by atoms with E-state index in [9.17, 15) is 19.1 Å². The Morgan fingerprint density at radius 3 is 2.50 bits per heavy atom. The van der Waals surface area contributed by atoms with Crippen LogP contribution in [0, 0.1) is 29.5 Å². The van der Waals surface area contributed by atoms with E-state index in [0.717, 1.165) is 4.70 Å². The summed E-state index contributed by atoms with van der Waals surface area (Å²) in [6, 6.07) is 11.1. The molecule has 2 N–H and O–H groups in total. The summed E-state index contributed by atoms with van der Waals surface area (Å²) in [7, 11) is 0. The Bertz CT molecular complexity index is 1170. The Labute approximate surface area is 175 Å². The molecule has 152 valence electrons. The van der Waals surface area contributed by atoms with E-state index < -0.39 is 17.8 Å². The number of benzene rings is 2. The number of hydrogen-bond donors (Lipinski definition) is 2. The highest BCUT2D eigenvalue weighted by Crippen LogP contribution is 2.48. The molecule has 0 saturated heterocycles. The van der Waals surface area contributed by atoms with Gasteiger partial charge in [-0.3, -0.25) is 9.59 Å². The van der Waals surface area contributed by atoms with Gasteiger partial charge in [0.15, 0.2) is 5.13 Å². The number of carbonyl (C=O) groups is 2. The Balaban J connectivity index is 1.34. The summed E-state index contributed by atoms with van der Waals surface area (Å²) < 4.78 is 19.6. The zero-order chi connectivity index (χ0) is 20.8. The fourth-order valence-corrected chi connectivity index (χ4v) is 5.26. The number of aliphatic carboxylic acids is 1. The molecule has 1 heterocycles. The lowest BCUT2D eigenvalue weighted by atomic mass is 9.82. The first kappa shape index (κ1) is 18.7. The number of nitrogens with zero attached hydrogens (tertiary/aromatic N) is 1. The Kier molecular flexibility index (Phi) is 4.51. The molecule has 30 heavy (non-hydrogen) atoms. The molecule has 5 rings (SSSR count). The molecule has 1 amide bonds. The molecule has 4 atom stereocenters. The van der Waals surface area contributed by atoms with Crippen molar-refractivity contribution in [1.82, 2.24) is 4.98 Å². The predicted octanol–water partition coefficient (Wildman–Crippen LogP) is 4.69. The van der Waals surface area contributed by atoms with Crippen LogP contribution in [-0.4, -0.2) is 22.0 Å². The number of carboxylic acid groups (broad SMARTS) is 1. The molecule has 6 nitrogen and oxygen atoms in total. The van der Waals surface area contributed by atoms with Gasteiger partial charge in [0.05, 0.1) is 22.1 Å². The van der Waals surface area contributed by atoms with Crippen molar-refractivity contribution >= 4 is 38.6 Å². The van der Waals surface area contributed by atoms with E-state index in [2.05, 4.69) is 10.3 Å². The van der Waals surface area contributed by atoms with Crippen LogP contribution in [0.1, 0.15) is 6.42 Å². The number of carboxylic acids is 1. The van der Waals surface area contributed by atoms with Gasteiger partial charge in [0.1, 0.15) is 17.3 Å². The van der Waals surface area contributed by atoms with Gasteiger partial charge in [-0.15, -0.1) is 0 Å². The van der Waals surface area contributed by atoms with Crippen LogP contribution in [0.4, 0.5) is 9.52 Å². The fraction of sp³-hybridized carbons (Fsp3) is 0.227. The second-order valence-electron chi connectivity index (χ2n) is 7.53. The standard InChI is InChI=1S/C22H17FN2O4S/c23-13-3-5-14(6-4-13)29-15-7-8-16-17(10-15)30-22(24-16)25-20(26)18-11-1-2-12(9-11)19(18)21(27)28/h1-8,10-12,18-19H,9H2,(H,27,28)(H,24,25,26). The van der Waals surface area contributed by atoms with Crippen molar-refractivity contribution in [3.8, 4) is 11.5 Å². The third kappa shape index (κ3) is 3.33. The van der Waals surface area contributed by atoms with Gasteiger partial charge in [0.2, 0.25) is 5.91 Å². The molecular formula is C22H17FN2O4S. The second kappa shape index (κ2) is 7.21. The lowest BCUT2D eigenvalue weighted by Gasteiger charge is -2.23. The van der Waals surface area contributed by atoms with Gasteiger partial charge in [-0.1, -0.05) is 23.5 Å².